The lowest BCUT2D eigenvalue weighted by Crippen LogP contribution is -2.26. The summed E-state index contributed by atoms with van der Waals surface area (Å²) in [7, 11) is 0. The van der Waals surface area contributed by atoms with Crippen LogP contribution in [0.5, 0.6) is 0 Å². The van der Waals surface area contributed by atoms with Crippen molar-refractivity contribution < 1.29 is 14.5 Å². The van der Waals surface area contributed by atoms with Crippen molar-refractivity contribution in [3.8, 4) is 0 Å². The summed E-state index contributed by atoms with van der Waals surface area (Å²) in [5.41, 5.74) is 5.58. The fraction of sp³-hybridized carbons (Fsp3) is 0.0333. The van der Waals surface area contributed by atoms with E-state index in [-0.39, 0.29) is 11.6 Å². The van der Waals surface area contributed by atoms with Gasteiger partial charge in [0.2, 0.25) is 0 Å². The summed E-state index contributed by atoms with van der Waals surface area (Å²) in [6.45, 7) is 0.371. The Hall–Kier alpha value is -5.42. The molecule has 0 bridgehead atoms. The molecule has 200 valence electrons. The molecule has 0 unspecified atom stereocenters. The normalized spacial score (nSPS) is 12.3. The fourth-order valence-electron chi connectivity index (χ4n) is 4.59. The molecule has 0 radical (unpaired) electrons. The molecule has 0 saturated carbocycles. The molecule has 5 aromatic rings. The second kappa shape index (κ2) is 11.0. The first-order valence-corrected chi connectivity index (χ1v) is 13.3. The predicted octanol–water partition coefficient (Wildman–Crippen LogP) is 5.61. The number of nitrogens with one attached hydrogen (secondary N) is 1. The van der Waals surface area contributed by atoms with Crippen LogP contribution in [0.25, 0.3) is 10.8 Å². The zero-order valence-electron chi connectivity index (χ0n) is 21.3. The van der Waals surface area contributed by atoms with Crippen molar-refractivity contribution in [2.75, 3.05) is 4.90 Å². The van der Waals surface area contributed by atoms with Gasteiger partial charge in [0.05, 0.1) is 28.3 Å². The van der Waals surface area contributed by atoms with Gasteiger partial charge in [0.25, 0.3) is 17.5 Å². The first-order valence-electron chi connectivity index (χ1n) is 12.5. The van der Waals surface area contributed by atoms with Gasteiger partial charge in [-0.1, -0.05) is 42.5 Å². The number of rotatable bonds is 8. The summed E-state index contributed by atoms with van der Waals surface area (Å²) in [4.78, 5) is 47.1. The highest BCUT2D eigenvalue weighted by atomic mass is 32.2. The highest BCUT2D eigenvalue weighted by Crippen LogP contribution is 2.38. The first-order chi connectivity index (χ1) is 20.0. The number of amides is 2. The van der Waals surface area contributed by atoms with Gasteiger partial charge in [-0.2, -0.15) is 5.10 Å². The third-order valence-corrected chi connectivity index (χ3v) is 7.47. The van der Waals surface area contributed by atoms with Crippen LogP contribution in [0.1, 0.15) is 31.8 Å². The molecular weight excluding hydrogens is 540 g/mol. The number of carbonyl (C=O) groups is 2. The van der Waals surface area contributed by atoms with E-state index >= 15 is 0 Å². The Morgan fingerprint density at radius 2 is 1.76 bits per heavy atom. The number of nitro benzene ring substituents is 1. The van der Waals surface area contributed by atoms with E-state index in [1.165, 1.54) is 12.3 Å². The molecule has 1 N–H and O–H groups in total. The number of hydrogen-bond acceptors (Lipinski definition) is 8. The van der Waals surface area contributed by atoms with Crippen molar-refractivity contribution in [3.63, 3.8) is 0 Å². The Balaban J connectivity index is 1.10. The zero-order chi connectivity index (χ0) is 28.3. The molecule has 1 aliphatic rings. The van der Waals surface area contributed by atoms with Crippen LogP contribution < -0.4 is 10.3 Å². The average Bonchev–Trinajstić information content (AvgIpc) is 3.26. The van der Waals surface area contributed by atoms with Crippen LogP contribution in [0.15, 0.2) is 112 Å². The Labute approximate surface area is 237 Å². The van der Waals surface area contributed by atoms with Crippen LogP contribution >= 0.6 is 11.8 Å². The van der Waals surface area contributed by atoms with E-state index in [0.717, 1.165) is 33.8 Å². The number of hydrogen-bond donors (Lipinski definition) is 1. The van der Waals surface area contributed by atoms with E-state index in [1.807, 2.05) is 36.4 Å². The Morgan fingerprint density at radius 3 is 2.51 bits per heavy atom. The Bertz CT molecular complexity index is 1840. The van der Waals surface area contributed by atoms with E-state index in [9.17, 15) is 19.7 Å². The standard InChI is InChI=1S/C30H20N6O4S/c37-28(34-33-17-20-10-13-26(25(16-20)36(39)40)41-30-31-14-3-15-32-30)22-11-8-19(9-12-22)18-35-24-7-2-5-21-4-1-6-23(27(21)24)29(35)38/h1-17H,18H2,(H,34,37). The summed E-state index contributed by atoms with van der Waals surface area (Å²) in [5, 5.41) is 17.9. The fourth-order valence-corrected chi connectivity index (χ4v) is 5.39. The minimum atomic E-state index is -0.489. The molecule has 11 heteroatoms. The van der Waals surface area contributed by atoms with E-state index in [2.05, 4.69) is 20.5 Å². The van der Waals surface area contributed by atoms with Crippen molar-refractivity contribution >= 4 is 51.9 Å². The second-order valence-corrected chi connectivity index (χ2v) is 10.1. The lowest BCUT2D eigenvalue weighted by atomic mass is 10.1. The van der Waals surface area contributed by atoms with Crippen LogP contribution in [-0.4, -0.2) is 32.9 Å². The van der Waals surface area contributed by atoms with E-state index in [0.29, 0.717) is 33.3 Å². The predicted molar refractivity (Wildman–Crippen MR) is 155 cm³/mol. The van der Waals surface area contributed by atoms with E-state index in [4.69, 9.17) is 0 Å². The lowest BCUT2D eigenvalue weighted by Gasteiger charge is -2.18. The molecule has 6 rings (SSSR count). The third kappa shape index (κ3) is 5.25. The van der Waals surface area contributed by atoms with Gasteiger partial charge in [0, 0.05) is 40.5 Å². The topological polar surface area (TPSA) is 131 Å². The van der Waals surface area contributed by atoms with Gasteiger partial charge >= 0.3 is 0 Å². The number of nitrogens with zero attached hydrogens (tertiary/aromatic N) is 5. The maximum Gasteiger partial charge on any atom is 0.283 e. The molecule has 0 atom stereocenters. The molecular formula is C30H20N6O4S. The van der Waals surface area contributed by atoms with Gasteiger partial charge in [0.1, 0.15) is 0 Å². The number of benzene rings is 4. The lowest BCUT2D eigenvalue weighted by molar-refractivity contribution is -0.387. The molecule has 0 spiro atoms. The molecule has 0 fully saturated rings. The third-order valence-electron chi connectivity index (χ3n) is 6.51. The smallest absolute Gasteiger partial charge is 0.283 e. The minimum absolute atomic E-state index is 0.0479. The Kier molecular flexibility index (Phi) is 6.92. The van der Waals surface area contributed by atoms with Crippen molar-refractivity contribution in [1.82, 2.24) is 15.4 Å². The summed E-state index contributed by atoms with van der Waals surface area (Å²) in [6.07, 6.45) is 4.46. The number of anilines is 1. The molecule has 1 aliphatic heterocycles. The van der Waals surface area contributed by atoms with E-state index < -0.39 is 10.8 Å². The molecule has 0 saturated heterocycles. The molecule has 2 amide bonds. The molecule has 1 aromatic heterocycles. The summed E-state index contributed by atoms with van der Waals surface area (Å²) in [6, 6.07) is 24.8. The van der Waals surface area contributed by atoms with Crippen LogP contribution in [0, 0.1) is 10.1 Å². The van der Waals surface area contributed by atoms with Gasteiger partial charge in [0.15, 0.2) is 5.16 Å². The monoisotopic (exact) mass is 560 g/mol. The zero-order valence-corrected chi connectivity index (χ0v) is 22.1. The first kappa shape index (κ1) is 25.8. The molecule has 4 aromatic carbocycles. The van der Waals surface area contributed by atoms with Crippen LogP contribution in [0.3, 0.4) is 0 Å². The summed E-state index contributed by atoms with van der Waals surface area (Å²) in [5.74, 6) is -0.488. The maximum atomic E-state index is 13.1. The largest absolute Gasteiger partial charge is 0.303 e. The minimum Gasteiger partial charge on any atom is -0.303 e. The van der Waals surface area contributed by atoms with Crippen molar-refractivity contribution in [2.24, 2.45) is 5.10 Å². The SMILES string of the molecule is O=C(NN=Cc1ccc(Sc2ncccn2)c([N+](=O)[O-])c1)c1ccc(CN2C(=O)c3cccc4cccc2c34)cc1. The highest BCUT2D eigenvalue weighted by Gasteiger charge is 2.29. The average molecular weight is 561 g/mol. The molecule has 10 nitrogen and oxygen atoms in total. The van der Waals surface area contributed by atoms with Gasteiger partial charge in [-0.15, -0.1) is 0 Å². The van der Waals surface area contributed by atoms with Gasteiger partial charge in [-0.05, 0) is 59.1 Å². The molecule has 2 heterocycles. The van der Waals surface area contributed by atoms with Crippen molar-refractivity contribution in [3.05, 3.63) is 130 Å². The van der Waals surface area contributed by atoms with Crippen LogP contribution in [-0.2, 0) is 6.54 Å². The second-order valence-electron chi connectivity index (χ2n) is 9.09. The Morgan fingerprint density at radius 1 is 1.00 bits per heavy atom. The molecule has 0 aliphatic carbocycles. The quantitative estimate of drug-likeness (QED) is 0.113. The van der Waals surface area contributed by atoms with Gasteiger partial charge < -0.3 is 4.90 Å². The number of nitro groups is 1. The number of hydrazone groups is 1. The summed E-state index contributed by atoms with van der Waals surface area (Å²) < 4.78 is 0. The van der Waals surface area contributed by atoms with Gasteiger partial charge in [-0.25, -0.2) is 15.4 Å². The van der Waals surface area contributed by atoms with Crippen LogP contribution in [0.2, 0.25) is 0 Å². The molecule has 41 heavy (non-hydrogen) atoms. The van der Waals surface area contributed by atoms with Gasteiger partial charge in [-0.3, -0.25) is 19.7 Å². The highest BCUT2D eigenvalue weighted by molar-refractivity contribution is 7.99. The van der Waals surface area contributed by atoms with Crippen molar-refractivity contribution in [2.45, 2.75) is 16.6 Å². The van der Waals surface area contributed by atoms with Crippen molar-refractivity contribution in [1.29, 1.82) is 0 Å². The maximum absolute atomic E-state index is 13.1. The number of aromatic nitrogens is 2. The number of carbonyl (C=O) groups excluding carboxylic acids is 2. The van der Waals surface area contributed by atoms with E-state index in [1.54, 1.807) is 59.8 Å². The van der Waals surface area contributed by atoms with Crippen LogP contribution in [0.4, 0.5) is 11.4 Å². The summed E-state index contributed by atoms with van der Waals surface area (Å²) >= 11 is 1.08.